The van der Waals surface area contributed by atoms with Gasteiger partial charge in [0, 0.05) is 12.1 Å². The van der Waals surface area contributed by atoms with Crippen LogP contribution in [-0.4, -0.2) is 41.2 Å². The van der Waals surface area contributed by atoms with Gasteiger partial charge in [0.1, 0.15) is 19.0 Å². The standard InChI is InChI=1S/C14H19N3O2/c1-3-17(4-2)9-14-15-10-7-12-13(8-11(10)16-14)19-6-5-18-12/h7-8H,3-6,9H2,1-2H3,(H,15,16). The average Bonchev–Trinajstić information content (AvgIpc) is 2.83. The van der Waals surface area contributed by atoms with E-state index in [-0.39, 0.29) is 0 Å². The van der Waals surface area contributed by atoms with Crippen molar-refractivity contribution in [3.05, 3.63) is 18.0 Å². The minimum absolute atomic E-state index is 0.606. The number of nitrogens with one attached hydrogen (secondary N) is 1. The van der Waals surface area contributed by atoms with E-state index in [4.69, 9.17) is 9.47 Å². The number of H-pyrrole nitrogens is 1. The van der Waals surface area contributed by atoms with Gasteiger partial charge in [-0.3, -0.25) is 4.90 Å². The van der Waals surface area contributed by atoms with Crippen LogP contribution in [0.4, 0.5) is 0 Å². The van der Waals surface area contributed by atoms with Crippen LogP contribution in [0.1, 0.15) is 19.7 Å². The number of imidazole rings is 1. The van der Waals surface area contributed by atoms with Crippen LogP contribution >= 0.6 is 0 Å². The lowest BCUT2D eigenvalue weighted by molar-refractivity contribution is 0.172. The zero-order valence-electron chi connectivity index (χ0n) is 11.4. The molecule has 0 amide bonds. The van der Waals surface area contributed by atoms with Crippen LogP contribution in [0, 0.1) is 0 Å². The number of aromatic nitrogens is 2. The van der Waals surface area contributed by atoms with E-state index in [0.717, 1.165) is 48.0 Å². The summed E-state index contributed by atoms with van der Waals surface area (Å²) in [5.41, 5.74) is 1.94. The molecular weight excluding hydrogens is 242 g/mol. The van der Waals surface area contributed by atoms with Crippen LogP contribution in [0.25, 0.3) is 11.0 Å². The van der Waals surface area contributed by atoms with E-state index in [1.807, 2.05) is 12.1 Å². The molecule has 0 saturated heterocycles. The van der Waals surface area contributed by atoms with Crippen molar-refractivity contribution >= 4 is 11.0 Å². The molecule has 0 fully saturated rings. The molecule has 3 rings (SSSR count). The Balaban J connectivity index is 1.92. The zero-order chi connectivity index (χ0) is 13.2. The summed E-state index contributed by atoms with van der Waals surface area (Å²) in [6.45, 7) is 8.42. The van der Waals surface area contributed by atoms with Gasteiger partial charge in [-0.15, -0.1) is 0 Å². The smallest absolute Gasteiger partial charge is 0.163 e. The summed E-state index contributed by atoms with van der Waals surface area (Å²) in [4.78, 5) is 10.3. The molecule has 0 atom stereocenters. The van der Waals surface area contributed by atoms with Crippen LogP contribution in [0.5, 0.6) is 11.5 Å². The van der Waals surface area contributed by atoms with Gasteiger partial charge in [-0.25, -0.2) is 4.98 Å². The van der Waals surface area contributed by atoms with Crippen molar-refractivity contribution in [2.75, 3.05) is 26.3 Å². The first-order valence-corrected chi connectivity index (χ1v) is 6.80. The third kappa shape index (κ3) is 2.38. The summed E-state index contributed by atoms with van der Waals surface area (Å²) in [5.74, 6) is 2.58. The lowest BCUT2D eigenvalue weighted by atomic mass is 10.2. The molecule has 2 aromatic rings. The molecule has 102 valence electrons. The molecular formula is C14H19N3O2. The van der Waals surface area contributed by atoms with Crippen molar-refractivity contribution in [1.29, 1.82) is 0 Å². The molecule has 1 aliphatic heterocycles. The third-order valence-electron chi connectivity index (χ3n) is 3.46. The van der Waals surface area contributed by atoms with Crippen LogP contribution in [-0.2, 0) is 6.54 Å². The second-order valence-electron chi connectivity index (χ2n) is 4.66. The molecule has 0 bridgehead atoms. The highest BCUT2D eigenvalue weighted by atomic mass is 16.6. The number of ether oxygens (including phenoxy) is 2. The second-order valence-corrected chi connectivity index (χ2v) is 4.66. The second kappa shape index (κ2) is 5.09. The summed E-state index contributed by atoms with van der Waals surface area (Å²) in [5, 5.41) is 0. The van der Waals surface area contributed by atoms with Crippen molar-refractivity contribution < 1.29 is 9.47 Å². The fraction of sp³-hybridized carbons (Fsp3) is 0.500. The first-order chi connectivity index (χ1) is 9.30. The highest BCUT2D eigenvalue weighted by molar-refractivity contribution is 5.79. The maximum atomic E-state index is 5.58. The Morgan fingerprint density at radius 2 is 1.84 bits per heavy atom. The van der Waals surface area contributed by atoms with Gasteiger partial charge in [-0.2, -0.15) is 0 Å². The molecule has 0 unspecified atom stereocenters. The van der Waals surface area contributed by atoms with Gasteiger partial charge in [0.15, 0.2) is 11.5 Å². The number of rotatable bonds is 4. The van der Waals surface area contributed by atoms with E-state index >= 15 is 0 Å². The molecule has 1 aliphatic rings. The van der Waals surface area contributed by atoms with Crippen molar-refractivity contribution in [3.8, 4) is 11.5 Å². The number of hydrogen-bond acceptors (Lipinski definition) is 4. The highest BCUT2D eigenvalue weighted by Gasteiger charge is 2.15. The number of aromatic amines is 1. The maximum absolute atomic E-state index is 5.58. The molecule has 0 saturated carbocycles. The molecule has 5 nitrogen and oxygen atoms in total. The Morgan fingerprint density at radius 1 is 1.16 bits per heavy atom. The van der Waals surface area contributed by atoms with E-state index < -0.39 is 0 Å². The summed E-state index contributed by atoms with van der Waals surface area (Å²) >= 11 is 0. The number of nitrogens with zero attached hydrogens (tertiary/aromatic N) is 2. The number of hydrogen-bond donors (Lipinski definition) is 1. The largest absolute Gasteiger partial charge is 0.486 e. The lowest BCUT2D eigenvalue weighted by Gasteiger charge is -2.17. The van der Waals surface area contributed by atoms with E-state index in [0.29, 0.717) is 13.2 Å². The molecule has 0 radical (unpaired) electrons. The van der Waals surface area contributed by atoms with Gasteiger partial charge < -0.3 is 14.5 Å². The van der Waals surface area contributed by atoms with Crippen molar-refractivity contribution in [2.45, 2.75) is 20.4 Å². The van der Waals surface area contributed by atoms with E-state index in [1.54, 1.807) is 0 Å². The zero-order valence-corrected chi connectivity index (χ0v) is 11.4. The Hall–Kier alpha value is -1.75. The Kier molecular flexibility index (Phi) is 3.29. The maximum Gasteiger partial charge on any atom is 0.163 e. The van der Waals surface area contributed by atoms with Crippen molar-refractivity contribution in [1.82, 2.24) is 14.9 Å². The minimum atomic E-state index is 0.606. The quantitative estimate of drug-likeness (QED) is 0.916. The van der Waals surface area contributed by atoms with Crippen LogP contribution < -0.4 is 9.47 Å². The van der Waals surface area contributed by atoms with Crippen LogP contribution in [0.15, 0.2) is 12.1 Å². The lowest BCUT2D eigenvalue weighted by Crippen LogP contribution is -2.22. The first kappa shape index (κ1) is 12.3. The van der Waals surface area contributed by atoms with Crippen LogP contribution in [0.3, 0.4) is 0 Å². The Morgan fingerprint density at radius 3 is 2.53 bits per heavy atom. The summed E-state index contributed by atoms with van der Waals surface area (Å²) in [7, 11) is 0. The molecule has 1 aromatic heterocycles. The molecule has 5 heteroatoms. The monoisotopic (exact) mass is 261 g/mol. The molecule has 0 spiro atoms. The molecule has 1 N–H and O–H groups in total. The van der Waals surface area contributed by atoms with Crippen molar-refractivity contribution in [2.24, 2.45) is 0 Å². The van der Waals surface area contributed by atoms with Gasteiger partial charge in [0.05, 0.1) is 17.6 Å². The van der Waals surface area contributed by atoms with Crippen LogP contribution in [0.2, 0.25) is 0 Å². The Bertz CT molecular complexity index is 532. The molecule has 2 heterocycles. The first-order valence-electron chi connectivity index (χ1n) is 6.80. The fourth-order valence-corrected chi connectivity index (χ4v) is 2.33. The predicted molar refractivity (Wildman–Crippen MR) is 73.7 cm³/mol. The Labute approximate surface area is 112 Å². The van der Waals surface area contributed by atoms with Crippen molar-refractivity contribution in [3.63, 3.8) is 0 Å². The molecule has 1 aromatic carbocycles. The summed E-state index contributed by atoms with van der Waals surface area (Å²) < 4.78 is 11.2. The normalized spacial score (nSPS) is 14.3. The third-order valence-corrected chi connectivity index (χ3v) is 3.46. The highest BCUT2D eigenvalue weighted by Crippen LogP contribution is 2.33. The van der Waals surface area contributed by atoms with Gasteiger partial charge in [-0.1, -0.05) is 13.8 Å². The SMILES string of the molecule is CCN(CC)Cc1nc2cc3c(cc2[nH]1)OCCO3. The minimum Gasteiger partial charge on any atom is -0.486 e. The predicted octanol–water partition coefficient (Wildman–Crippen LogP) is 2.18. The van der Waals surface area contributed by atoms with E-state index in [9.17, 15) is 0 Å². The summed E-state index contributed by atoms with van der Waals surface area (Å²) in [6, 6.07) is 3.93. The summed E-state index contributed by atoms with van der Waals surface area (Å²) in [6.07, 6.45) is 0. The average molecular weight is 261 g/mol. The number of benzene rings is 1. The molecule has 0 aliphatic carbocycles. The number of fused-ring (bicyclic) bond motifs is 2. The van der Waals surface area contributed by atoms with Gasteiger partial charge in [0.2, 0.25) is 0 Å². The van der Waals surface area contributed by atoms with Gasteiger partial charge in [0.25, 0.3) is 0 Å². The molecule has 19 heavy (non-hydrogen) atoms. The van der Waals surface area contributed by atoms with Gasteiger partial charge in [-0.05, 0) is 13.1 Å². The van der Waals surface area contributed by atoms with Gasteiger partial charge >= 0.3 is 0 Å². The van der Waals surface area contributed by atoms with E-state index in [2.05, 4.69) is 28.7 Å². The topological polar surface area (TPSA) is 50.4 Å². The van der Waals surface area contributed by atoms with E-state index in [1.165, 1.54) is 0 Å². The fourth-order valence-electron chi connectivity index (χ4n) is 2.33.